The summed E-state index contributed by atoms with van der Waals surface area (Å²) in [6.07, 6.45) is 0.328. The van der Waals surface area contributed by atoms with E-state index in [0.717, 1.165) is 22.6 Å². The molecule has 9 heteroatoms. The van der Waals surface area contributed by atoms with Crippen LogP contribution in [0.1, 0.15) is 29.8 Å². The molecule has 1 fully saturated rings. The molecule has 0 saturated carbocycles. The number of carbonyl (C=O) groups is 3. The van der Waals surface area contributed by atoms with Crippen LogP contribution >= 0.6 is 11.3 Å². The molecule has 136 valence electrons. The second-order valence-corrected chi connectivity index (χ2v) is 6.87. The molecule has 1 aromatic heterocycles. The zero-order valence-corrected chi connectivity index (χ0v) is 15.2. The fraction of sp³-hybridized carbons (Fsp3) is 0.353. The zero-order valence-electron chi connectivity index (χ0n) is 14.4. The van der Waals surface area contributed by atoms with E-state index in [0.29, 0.717) is 18.0 Å². The van der Waals surface area contributed by atoms with E-state index < -0.39 is 11.9 Å². The average molecular weight is 374 g/mol. The van der Waals surface area contributed by atoms with Crippen LogP contribution in [-0.2, 0) is 19.1 Å². The van der Waals surface area contributed by atoms with Crippen LogP contribution in [0.15, 0.2) is 24.3 Å². The van der Waals surface area contributed by atoms with E-state index in [4.69, 9.17) is 0 Å². The average Bonchev–Trinajstić information content (AvgIpc) is 3.22. The Bertz CT molecular complexity index is 834. The van der Waals surface area contributed by atoms with Crippen LogP contribution in [0, 0.1) is 6.92 Å². The number of anilines is 2. The highest BCUT2D eigenvalue weighted by molar-refractivity contribution is 7.15. The highest BCUT2D eigenvalue weighted by atomic mass is 32.1. The monoisotopic (exact) mass is 374 g/mol. The molecule has 2 amide bonds. The van der Waals surface area contributed by atoms with Gasteiger partial charge in [0.2, 0.25) is 11.0 Å². The lowest BCUT2D eigenvalue weighted by Crippen LogP contribution is -2.24. The van der Waals surface area contributed by atoms with Gasteiger partial charge in [0.15, 0.2) is 0 Å². The second kappa shape index (κ2) is 7.61. The van der Waals surface area contributed by atoms with Gasteiger partial charge in [0.25, 0.3) is 0 Å². The molecule has 1 aromatic carbocycles. The van der Waals surface area contributed by atoms with Crippen LogP contribution in [0.5, 0.6) is 0 Å². The zero-order chi connectivity index (χ0) is 18.7. The summed E-state index contributed by atoms with van der Waals surface area (Å²) < 4.78 is 4.62. The molecular weight excluding hydrogens is 356 g/mol. The largest absolute Gasteiger partial charge is 0.459 e. The van der Waals surface area contributed by atoms with Crippen LogP contribution < -0.4 is 10.2 Å². The summed E-state index contributed by atoms with van der Waals surface area (Å²) in [6, 6.07) is 7.76. The summed E-state index contributed by atoms with van der Waals surface area (Å²) in [5.41, 5.74) is 1.98. The number of esters is 1. The van der Waals surface area contributed by atoms with Crippen molar-refractivity contribution in [3.05, 3.63) is 34.8 Å². The van der Waals surface area contributed by atoms with Gasteiger partial charge >= 0.3 is 11.9 Å². The number of nitrogens with one attached hydrogen (secondary N) is 1. The summed E-state index contributed by atoms with van der Waals surface area (Å²) in [4.78, 5) is 37.1. The SMILES string of the molecule is CCOC(=O)C(=O)Nc1nnc(C2CC(=O)N(c3ccc(C)cc3)C2)s1. The van der Waals surface area contributed by atoms with E-state index in [2.05, 4.69) is 20.3 Å². The first-order valence-electron chi connectivity index (χ1n) is 8.16. The number of aromatic nitrogens is 2. The van der Waals surface area contributed by atoms with Crippen LogP contribution in [0.25, 0.3) is 0 Å². The molecule has 2 aromatic rings. The van der Waals surface area contributed by atoms with Crippen molar-refractivity contribution in [2.24, 2.45) is 0 Å². The molecule has 0 radical (unpaired) electrons. The molecule has 2 heterocycles. The molecule has 1 unspecified atom stereocenters. The summed E-state index contributed by atoms with van der Waals surface area (Å²) >= 11 is 1.15. The van der Waals surface area contributed by atoms with E-state index in [-0.39, 0.29) is 23.6 Å². The Morgan fingerprint density at radius 1 is 1.31 bits per heavy atom. The van der Waals surface area contributed by atoms with Gasteiger partial charge in [-0.15, -0.1) is 10.2 Å². The number of hydrogen-bond donors (Lipinski definition) is 1. The lowest BCUT2D eigenvalue weighted by atomic mass is 10.1. The normalized spacial score (nSPS) is 16.6. The van der Waals surface area contributed by atoms with Crippen molar-refractivity contribution in [2.45, 2.75) is 26.2 Å². The number of amides is 2. The fourth-order valence-corrected chi connectivity index (χ4v) is 3.47. The molecule has 0 aliphatic carbocycles. The molecule has 26 heavy (non-hydrogen) atoms. The molecule has 1 N–H and O–H groups in total. The molecule has 1 saturated heterocycles. The minimum absolute atomic E-state index is 0.0196. The van der Waals surface area contributed by atoms with E-state index in [1.807, 2.05) is 31.2 Å². The Kier molecular flexibility index (Phi) is 5.27. The maximum atomic E-state index is 12.3. The molecule has 1 aliphatic heterocycles. The first-order valence-corrected chi connectivity index (χ1v) is 8.98. The van der Waals surface area contributed by atoms with Crippen LogP contribution in [0.2, 0.25) is 0 Å². The Morgan fingerprint density at radius 2 is 2.04 bits per heavy atom. The van der Waals surface area contributed by atoms with Crippen molar-refractivity contribution in [1.82, 2.24) is 10.2 Å². The lowest BCUT2D eigenvalue weighted by molar-refractivity contribution is -0.152. The van der Waals surface area contributed by atoms with Crippen molar-refractivity contribution >= 4 is 39.9 Å². The second-order valence-electron chi connectivity index (χ2n) is 5.86. The van der Waals surface area contributed by atoms with E-state index in [1.54, 1.807) is 11.8 Å². The van der Waals surface area contributed by atoms with Crippen molar-refractivity contribution in [3.8, 4) is 0 Å². The van der Waals surface area contributed by atoms with Crippen molar-refractivity contribution < 1.29 is 19.1 Å². The number of rotatable bonds is 4. The quantitative estimate of drug-likeness (QED) is 0.648. The van der Waals surface area contributed by atoms with E-state index in [1.165, 1.54) is 0 Å². The number of hydrogen-bond acceptors (Lipinski definition) is 7. The van der Waals surface area contributed by atoms with Crippen LogP contribution in [-0.4, -0.2) is 41.1 Å². The Morgan fingerprint density at radius 3 is 2.73 bits per heavy atom. The molecule has 8 nitrogen and oxygen atoms in total. The van der Waals surface area contributed by atoms with Crippen LogP contribution in [0.4, 0.5) is 10.8 Å². The fourth-order valence-electron chi connectivity index (χ4n) is 2.64. The predicted molar refractivity (Wildman–Crippen MR) is 96.1 cm³/mol. The van der Waals surface area contributed by atoms with Gasteiger partial charge in [-0.1, -0.05) is 29.0 Å². The van der Waals surface area contributed by atoms with Crippen molar-refractivity contribution in [1.29, 1.82) is 0 Å². The molecule has 0 spiro atoms. The summed E-state index contributed by atoms with van der Waals surface area (Å²) in [6.45, 7) is 4.23. The number of benzene rings is 1. The Hall–Kier alpha value is -2.81. The van der Waals surface area contributed by atoms with Crippen LogP contribution in [0.3, 0.4) is 0 Å². The number of nitrogens with zero attached hydrogens (tertiary/aromatic N) is 3. The summed E-state index contributed by atoms with van der Waals surface area (Å²) in [5, 5.41) is 11.1. The van der Waals surface area contributed by atoms with Crippen molar-refractivity contribution in [3.63, 3.8) is 0 Å². The van der Waals surface area contributed by atoms with Gasteiger partial charge < -0.3 is 9.64 Å². The molecular formula is C17H18N4O4S. The van der Waals surface area contributed by atoms with Gasteiger partial charge in [-0.2, -0.15) is 0 Å². The molecule has 1 atom stereocenters. The lowest BCUT2D eigenvalue weighted by Gasteiger charge is -2.16. The topological polar surface area (TPSA) is 101 Å². The molecule has 1 aliphatic rings. The Balaban J connectivity index is 1.66. The third-order valence-electron chi connectivity index (χ3n) is 3.94. The molecule has 3 rings (SSSR count). The minimum atomic E-state index is -0.967. The van der Waals surface area contributed by atoms with Gasteiger partial charge in [0.05, 0.1) is 6.61 Å². The Labute approximate surface area is 154 Å². The van der Waals surface area contributed by atoms with Gasteiger partial charge in [0, 0.05) is 24.6 Å². The van der Waals surface area contributed by atoms with Gasteiger partial charge in [-0.05, 0) is 26.0 Å². The minimum Gasteiger partial charge on any atom is -0.459 e. The standard InChI is InChI=1S/C17H18N4O4S/c1-3-25-16(24)14(23)18-17-20-19-15(26-17)11-8-13(22)21(9-11)12-6-4-10(2)5-7-12/h4-7,11H,3,8-9H2,1-2H3,(H,18,20,23). The summed E-state index contributed by atoms with van der Waals surface area (Å²) in [5.74, 6) is -1.94. The summed E-state index contributed by atoms with van der Waals surface area (Å²) in [7, 11) is 0. The first kappa shape index (κ1) is 18.0. The van der Waals surface area contributed by atoms with E-state index in [9.17, 15) is 14.4 Å². The smallest absolute Gasteiger partial charge is 0.397 e. The van der Waals surface area contributed by atoms with E-state index >= 15 is 0 Å². The molecule has 0 bridgehead atoms. The van der Waals surface area contributed by atoms with Gasteiger partial charge in [-0.3, -0.25) is 14.9 Å². The highest BCUT2D eigenvalue weighted by Crippen LogP contribution is 2.34. The maximum Gasteiger partial charge on any atom is 0.397 e. The highest BCUT2D eigenvalue weighted by Gasteiger charge is 2.34. The van der Waals surface area contributed by atoms with Crippen molar-refractivity contribution in [2.75, 3.05) is 23.4 Å². The first-order chi connectivity index (χ1) is 12.5. The predicted octanol–water partition coefficient (Wildman–Crippen LogP) is 1.87. The maximum absolute atomic E-state index is 12.3. The van der Waals surface area contributed by atoms with Gasteiger partial charge in [-0.25, -0.2) is 4.79 Å². The number of aryl methyl sites for hydroxylation is 1. The number of carbonyl (C=O) groups excluding carboxylic acids is 3. The number of ether oxygens (including phenoxy) is 1. The third-order valence-corrected chi connectivity index (χ3v) is 4.94. The third kappa shape index (κ3) is 3.88. The van der Waals surface area contributed by atoms with Gasteiger partial charge in [0.1, 0.15) is 5.01 Å².